The highest BCUT2D eigenvalue weighted by Gasteiger charge is 2.53. The Labute approximate surface area is 154 Å². The molecule has 134 valence electrons. The van der Waals surface area contributed by atoms with Crippen LogP contribution in [0.15, 0.2) is 77.7 Å². The molecule has 5 heteroatoms. The minimum Gasteiger partial charge on any atom is -0.334 e. The molecule has 1 aliphatic heterocycles. The quantitative estimate of drug-likeness (QED) is 0.780. The number of benzene rings is 2. The first kappa shape index (κ1) is 17.0. The van der Waals surface area contributed by atoms with E-state index in [1.165, 1.54) is 0 Å². The van der Waals surface area contributed by atoms with Crippen molar-refractivity contribution in [3.8, 4) is 0 Å². The molecule has 1 heterocycles. The lowest BCUT2D eigenvalue weighted by atomic mass is 9.90. The van der Waals surface area contributed by atoms with Crippen molar-refractivity contribution in [1.82, 2.24) is 4.90 Å². The lowest BCUT2D eigenvalue weighted by Gasteiger charge is -2.29. The number of sulfone groups is 1. The molecule has 1 saturated heterocycles. The van der Waals surface area contributed by atoms with Gasteiger partial charge in [-0.1, -0.05) is 60.7 Å². The largest absolute Gasteiger partial charge is 0.334 e. The van der Waals surface area contributed by atoms with Crippen molar-refractivity contribution < 1.29 is 13.2 Å². The molecule has 2 aromatic carbocycles. The fraction of sp³-hybridized carbons (Fsp3) is 0.286. The second-order valence-electron chi connectivity index (χ2n) is 6.88. The van der Waals surface area contributed by atoms with Crippen molar-refractivity contribution in [2.75, 3.05) is 0 Å². The molecule has 0 unspecified atom stereocenters. The van der Waals surface area contributed by atoms with E-state index in [1.54, 1.807) is 35.2 Å². The van der Waals surface area contributed by atoms with E-state index in [1.807, 2.05) is 42.5 Å². The number of fused-ring (bicyclic) bond motifs is 1. The number of allylic oxidation sites excluding steroid dienone is 1. The van der Waals surface area contributed by atoms with Gasteiger partial charge in [-0.15, -0.1) is 0 Å². The molecule has 2 aromatic rings. The molecular formula is C21H21NO3S. The van der Waals surface area contributed by atoms with Crippen LogP contribution in [0.5, 0.6) is 0 Å². The summed E-state index contributed by atoms with van der Waals surface area (Å²) in [6.45, 7) is 0.454. The first-order chi connectivity index (χ1) is 12.6. The van der Waals surface area contributed by atoms with Crippen LogP contribution in [-0.4, -0.2) is 30.5 Å². The van der Waals surface area contributed by atoms with E-state index >= 15 is 0 Å². The van der Waals surface area contributed by atoms with Crippen LogP contribution < -0.4 is 0 Å². The van der Waals surface area contributed by atoms with Gasteiger partial charge < -0.3 is 4.90 Å². The van der Waals surface area contributed by atoms with Crippen LogP contribution in [0.1, 0.15) is 18.4 Å². The fourth-order valence-electron chi connectivity index (χ4n) is 4.07. The van der Waals surface area contributed by atoms with Gasteiger partial charge in [0.1, 0.15) is 0 Å². The maximum atomic E-state index is 13.2. The van der Waals surface area contributed by atoms with Crippen molar-refractivity contribution in [3.63, 3.8) is 0 Å². The van der Waals surface area contributed by atoms with Crippen molar-refractivity contribution in [2.24, 2.45) is 5.92 Å². The Bertz CT molecular complexity index is 922. The predicted molar refractivity (Wildman–Crippen MR) is 100 cm³/mol. The molecule has 4 rings (SSSR count). The van der Waals surface area contributed by atoms with Crippen LogP contribution >= 0.6 is 0 Å². The minimum atomic E-state index is -3.73. The zero-order chi connectivity index (χ0) is 18.1. The topological polar surface area (TPSA) is 54.5 Å². The molecule has 1 aliphatic carbocycles. The number of nitrogens with zero attached hydrogens (tertiary/aromatic N) is 1. The monoisotopic (exact) mass is 367 g/mol. The number of rotatable bonds is 4. The molecule has 0 aromatic heterocycles. The van der Waals surface area contributed by atoms with E-state index in [9.17, 15) is 13.2 Å². The molecule has 4 nitrogen and oxygen atoms in total. The van der Waals surface area contributed by atoms with E-state index in [4.69, 9.17) is 0 Å². The normalized spacial score (nSPS) is 25.3. The van der Waals surface area contributed by atoms with Crippen molar-refractivity contribution in [2.45, 2.75) is 35.6 Å². The SMILES string of the molecule is O=C1[C@H](S(=O)(=O)c2ccccc2)[C@H]2C=CCC[C@H]2N1Cc1ccccc1. The van der Waals surface area contributed by atoms with Crippen LogP contribution in [0.25, 0.3) is 0 Å². The molecular weight excluding hydrogens is 346 g/mol. The third kappa shape index (κ3) is 2.86. The van der Waals surface area contributed by atoms with Crippen LogP contribution in [0.3, 0.4) is 0 Å². The summed E-state index contributed by atoms with van der Waals surface area (Å²) in [6.07, 6.45) is 5.62. The summed E-state index contributed by atoms with van der Waals surface area (Å²) in [5.41, 5.74) is 1.02. The number of hydrogen-bond acceptors (Lipinski definition) is 3. The first-order valence-corrected chi connectivity index (χ1v) is 10.4. The van der Waals surface area contributed by atoms with Gasteiger partial charge in [0.25, 0.3) is 0 Å². The lowest BCUT2D eigenvalue weighted by molar-refractivity contribution is -0.129. The highest BCUT2D eigenvalue weighted by molar-refractivity contribution is 7.92. The van der Waals surface area contributed by atoms with Crippen molar-refractivity contribution >= 4 is 15.7 Å². The number of carbonyl (C=O) groups excluding carboxylic acids is 1. The Morgan fingerprint density at radius 3 is 2.31 bits per heavy atom. The third-order valence-electron chi connectivity index (χ3n) is 5.31. The van der Waals surface area contributed by atoms with Crippen molar-refractivity contribution in [3.05, 3.63) is 78.4 Å². The summed E-state index contributed by atoms with van der Waals surface area (Å²) < 4.78 is 26.4. The second kappa shape index (κ2) is 6.72. The van der Waals surface area contributed by atoms with Gasteiger partial charge in [0.05, 0.1) is 4.90 Å². The smallest absolute Gasteiger partial charge is 0.242 e. The molecule has 0 bridgehead atoms. The van der Waals surface area contributed by atoms with Crippen molar-refractivity contribution in [1.29, 1.82) is 0 Å². The van der Waals surface area contributed by atoms with E-state index in [0.29, 0.717) is 6.54 Å². The van der Waals surface area contributed by atoms with Gasteiger partial charge in [-0.2, -0.15) is 0 Å². The Balaban J connectivity index is 1.72. The Morgan fingerprint density at radius 2 is 1.62 bits per heavy atom. The Morgan fingerprint density at radius 1 is 0.962 bits per heavy atom. The number of hydrogen-bond donors (Lipinski definition) is 0. The standard InChI is InChI=1S/C21H21NO3S/c23-21-20(26(24,25)17-11-5-2-6-12-17)18-13-7-8-14-19(18)22(21)15-16-9-3-1-4-10-16/h1-7,9-13,18-20H,8,14-15H2/t18-,19+,20+/m0/s1. The van der Waals surface area contributed by atoms with Gasteiger partial charge in [0.2, 0.25) is 5.91 Å². The number of amides is 1. The molecule has 0 saturated carbocycles. The van der Waals surface area contributed by atoms with Gasteiger partial charge in [-0.05, 0) is 30.5 Å². The van der Waals surface area contributed by atoms with Gasteiger partial charge in [-0.25, -0.2) is 8.42 Å². The number of carbonyl (C=O) groups is 1. The van der Waals surface area contributed by atoms with Crippen LogP contribution in [-0.2, 0) is 21.2 Å². The molecule has 1 amide bonds. The van der Waals surface area contributed by atoms with Crippen LogP contribution in [0.2, 0.25) is 0 Å². The van der Waals surface area contributed by atoms with E-state index < -0.39 is 15.1 Å². The lowest BCUT2D eigenvalue weighted by Crippen LogP contribution is -2.36. The highest BCUT2D eigenvalue weighted by Crippen LogP contribution is 2.39. The summed E-state index contributed by atoms with van der Waals surface area (Å²) >= 11 is 0. The van der Waals surface area contributed by atoms with E-state index in [2.05, 4.69) is 0 Å². The molecule has 0 N–H and O–H groups in total. The second-order valence-corrected chi connectivity index (χ2v) is 8.95. The molecule has 26 heavy (non-hydrogen) atoms. The third-order valence-corrected chi connectivity index (χ3v) is 7.42. The maximum Gasteiger partial charge on any atom is 0.242 e. The van der Waals surface area contributed by atoms with Crippen LogP contribution in [0.4, 0.5) is 0 Å². The Hall–Kier alpha value is -2.40. The van der Waals surface area contributed by atoms with Gasteiger partial charge >= 0.3 is 0 Å². The summed E-state index contributed by atoms with van der Waals surface area (Å²) in [7, 11) is -3.73. The molecule has 3 atom stereocenters. The summed E-state index contributed by atoms with van der Waals surface area (Å²) in [6, 6.07) is 18.0. The molecule has 1 fully saturated rings. The summed E-state index contributed by atoms with van der Waals surface area (Å²) in [4.78, 5) is 15.2. The maximum absolute atomic E-state index is 13.2. The molecule has 0 spiro atoms. The van der Waals surface area contributed by atoms with Gasteiger partial charge in [-0.3, -0.25) is 4.79 Å². The average molecular weight is 367 g/mol. The van der Waals surface area contributed by atoms with Gasteiger partial charge in [0, 0.05) is 18.5 Å². The molecule has 2 aliphatic rings. The summed E-state index contributed by atoms with van der Waals surface area (Å²) in [5.74, 6) is -0.565. The number of likely N-dealkylation sites (tertiary alicyclic amines) is 1. The predicted octanol–water partition coefficient (Wildman–Crippen LogP) is 3.21. The Kier molecular flexibility index (Phi) is 4.41. The highest BCUT2D eigenvalue weighted by atomic mass is 32.2. The van der Waals surface area contributed by atoms with Gasteiger partial charge in [0.15, 0.2) is 15.1 Å². The minimum absolute atomic E-state index is 0.0591. The zero-order valence-corrected chi connectivity index (χ0v) is 15.2. The molecule has 0 radical (unpaired) electrons. The van der Waals surface area contributed by atoms with Crippen LogP contribution in [0, 0.1) is 5.92 Å². The van der Waals surface area contributed by atoms with E-state index in [-0.39, 0.29) is 22.8 Å². The zero-order valence-electron chi connectivity index (χ0n) is 14.4. The average Bonchev–Trinajstić information content (AvgIpc) is 2.96. The fourth-order valence-corrected chi connectivity index (χ4v) is 5.99. The summed E-state index contributed by atoms with van der Waals surface area (Å²) in [5, 5.41) is -1.03. The van der Waals surface area contributed by atoms with E-state index in [0.717, 1.165) is 18.4 Å². The first-order valence-electron chi connectivity index (χ1n) is 8.89.